The van der Waals surface area contributed by atoms with Gasteiger partial charge in [-0.05, 0) is 36.5 Å². The first-order chi connectivity index (χ1) is 14.2. The van der Waals surface area contributed by atoms with E-state index < -0.39 is 5.97 Å². The Morgan fingerprint density at radius 2 is 1.97 bits per heavy atom. The maximum Gasteiger partial charge on any atom is 0.341 e. The Morgan fingerprint density at radius 1 is 1.10 bits per heavy atom. The summed E-state index contributed by atoms with van der Waals surface area (Å²) in [5, 5.41) is 8.84. The largest absolute Gasteiger partial charge is 0.482 e. The third kappa shape index (κ3) is 4.93. The SMILES string of the molecule is O=C(O)COc1cccc2c1CCC(CCn1cnc(Cc3ccccc3)c1)=C2. The number of carboxylic acids is 1. The van der Waals surface area contributed by atoms with Gasteiger partial charge in [-0.15, -0.1) is 0 Å². The standard InChI is InChI=1S/C24H24N2O3/c27-24(28)16-29-23-8-4-7-20-13-19(9-10-22(20)23)11-12-26-15-21(25-17-26)14-18-5-2-1-3-6-18/h1-8,13,15,17H,9-12,14,16H2,(H,27,28). The van der Waals surface area contributed by atoms with Crippen LogP contribution in [0.3, 0.4) is 0 Å². The minimum Gasteiger partial charge on any atom is -0.482 e. The number of aliphatic carboxylic acids is 1. The highest BCUT2D eigenvalue weighted by atomic mass is 16.5. The van der Waals surface area contributed by atoms with Crippen molar-refractivity contribution in [2.45, 2.75) is 32.2 Å². The van der Waals surface area contributed by atoms with Crippen LogP contribution in [0.1, 0.15) is 35.2 Å². The Bertz CT molecular complexity index is 1020. The number of rotatable bonds is 8. The molecule has 29 heavy (non-hydrogen) atoms. The van der Waals surface area contributed by atoms with Crippen LogP contribution in [0, 0.1) is 0 Å². The van der Waals surface area contributed by atoms with Gasteiger partial charge in [0.25, 0.3) is 0 Å². The summed E-state index contributed by atoms with van der Waals surface area (Å²) in [7, 11) is 0. The highest BCUT2D eigenvalue weighted by Crippen LogP contribution is 2.32. The molecule has 1 aromatic heterocycles. The smallest absolute Gasteiger partial charge is 0.341 e. The molecule has 0 atom stereocenters. The summed E-state index contributed by atoms with van der Waals surface area (Å²) in [5.41, 5.74) is 5.98. The summed E-state index contributed by atoms with van der Waals surface area (Å²) in [4.78, 5) is 15.3. The summed E-state index contributed by atoms with van der Waals surface area (Å²) in [5.74, 6) is -0.276. The molecular formula is C24H24N2O3. The van der Waals surface area contributed by atoms with Crippen LogP contribution in [0.15, 0.2) is 66.6 Å². The Kier molecular flexibility index (Phi) is 5.75. The van der Waals surface area contributed by atoms with E-state index in [2.05, 4.69) is 52.2 Å². The zero-order valence-corrected chi connectivity index (χ0v) is 16.3. The molecule has 0 aliphatic heterocycles. The fraction of sp³-hybridized carbons (Fsp3) is 0.250. The predicted molar refractivity (Wildman–Crippen MR) is 112 cm³/mol. The van der Waals surface area contributed by atoms with Gasteiger partial charge in [-0.2, -0.15) is 0 Å². The van der Waals surface area contributed by atoms with Gasteiger partial charge in [0.1, 0.15) is 5.75 Å². The second-order valence-electron chi connectivity index (χ2n) is 7.32. The number of fused-ring (bicyclic) bond motifs is 1. The van der Waals surface area contributed by atoms with Crippen molar-refractivity contribution in [3.63, 3.8) is 0 Å². The second kappa shape index (κ2) is 8.78. The molecule has 0 unspecified atom stereocenters. The van der Waals surface area contributed by atoms with Crippen LogP contribution < -0.4 is 4.74 Å². The van der Waals surface area contributed by atoms with Crippen LogP contribution in [0.4, 0.5) is 0 Å². The van der Waals surface area contributed by atoms with Gasteiger partial charge in [0, 0.05) is 24.7 Å². The summed E-state index contributed by atoms with van der Waals surface area (Å²) < 4.78 is 7.59. The number of aryl methyl sites for hydroxylation is 1. The van der Waals surface area contributed by atoms with Gasteiger partial charge >= 0.3 is 5.97 Å². The van der Waals surface area contributed by atoms with Crippen LogP contribution in [-0.4, -0.2) is 27.2 Å². The van der Waals surface area contributed by atoms with E-state index in [0.29, 0.717) is 5.75 Å². The highest BCUT2D eigenvalue weighted by Gasteiger charge is 2.15. The van der Waals surface area contributed by atoms with E-state index in [0.717, 1.165) is 49.0 Å². The lowest BCUT2D eigenvalue weighted by atomic mass is 9.90. The summed E-state index contributed by atoms with van der Waals surface area (Å²) >= 11 is 0. The second-order valence-corrected chi connectivity index (χ2v) is 7.32. The third-order valence-electron chi connectivity index (χ3n) is 5.18. The van der Waals surface area contributed by atoms with Gasteiger partial charge in [-0.3, -0.25) is 0 Å². The number of hydrogen-bond donors (Lipinski definition) is 1. The molecule has 1 aliphatic rings. The van der Waals surface area contributed by atoms with Crippen LogP contribution in [0.5, 0.6) is 5.75 Å². The number of ether oxygens (including phenoxy) is 1. The average Bonchev–Trinajstić information content (AvgIpc) is 3.18. The van der Waals surface area contributed by atoms with E-state index in [1.54, 1.807) is 0 Å². The molecule has 0 saturated carbocycles. The molecule has 1 aliphatic carbocycles. The van der Waals surface area contributed by atoms with E-state index in [9.17, 15) is 4.79 Å². The number of nitrogens with zero attached hydrogens (tertiary/aromatic N) is 2. The van der Waals surface area contributed by atoms with E-state index >= 15 is 0 Å². The van der Waals surface area contributed by atoms with Crippen LogP contribution in [0.2, 0.25) is 0 Å². The van der Waals surface area contributed by atoms with Crippen molar-refractivity contribution in [3.8, 4) is 5.75 Å². The molecule has 1 heterocycles. The molecule has 148 valence electrons. The van der Waals surface area contributed by atoms with Crippen LogP contribution >= 0.6 is 0 Å². The lowest BCUT2D eigenvalue weighted by Crippen LogP contribution is -2.12. The maximum atomic E-state index is 10.8. The number of allylic oxidation sites excluding steroid dienone is 1. The lowest BCUT2D eigenvalue weighted by molar-refractivity contribution is -0.139. The van der Waals surface area contributed by atoms with Gasteiger partial charge in [0.15, 0.2) is 6.61 Å². The van der Waals surface area contributed by atoms with Crippen molar-refractivity contribution in [3.05, 3.63) is 89.0 Å². The fourth-order valence-electron chi connectivity index (χ4n) is 3.73. The highest BCUT2D eigenvalue weighted by molar-refractivity contribution is 5.69. The lowest BCUT2D eigenvalue weighted by Gasteiger charge is -2.19. The number of imidazole rings is 1. The van der Waals surface area contributed by atoms with E-state index in [1.165, 1.54) is 11.1 Å². The molecule has 0 spiro atoms. The van der Waals surface area contributed by atoms with Crippen LogP contribution in [0.25, 0.3) is 6.08 Å². The molecule has 5 heteroatoms. The van der Waals surface area contributed by atoms with Crippen molar-refractivity contribution >= 4 is 12.0 Å². The van der Waals surface area contributed by atoms with Crippen molar-refractivity contribution in [2.24, 2.45) is 0 Å². The zero-order chi connectivity index (χ0) is 20.1. The molecule has 0 amide bonds. The molecule has 0 radical (unpaired) electrons. The van der Waals surface area contributed by atoms with E-state index in [-0.39, 0.29) is 6.61 Å². The zero-order valence-electron chi connectivity index (χ0n) is 16.3. The molecule has 0 saturated heterocycles. The number of carbonyl (C=O) groups is 1. The molecule has 0 fully saturated rings. The predicted octanol–water partition coefficient (Wildman–Crippen LogP) is 4.36. The van der Waals surface area contributed by atoms with Gasteiger partial charge in [-0.1, -0.05) is 54.1 Å². The Morgan fingerprint density at radius 3 is 2.79 bits per heavy atom. The first-order valence-corrected chi connectivity index (χ1v) is 9.88. The first-order valence-electron chi connectivity index (χ1n) is 9.88. The summed E-state index contributed by atoms with van der Waals surface area (Å²) in [6, 6.07) is 16.2. The van der Waals surface area contributed by atoms with Gasteiger partial charge in [0.05, 0.1) is 12.0 Å². The van der Waals surface area contributed by atoms with Crippen molar-refractivity contribution < 1.29 is 14.6 Å². The maximum absolute atomic E-state index is 10.8. The number of carboxylic acid groups (broad SMARTS) is 1. The molecule has 2 aromatic carbocycles. The van der Waals surface area contributed by atoms with Gasteiger partial charge in [-0.25, -0.2) is 9.78 Å². The van der Waals surface area contributed by atoms with Crippen molar-refractivity contribution in [1.29, 1.82) is 0 Å². The molecule has 4 rings (SSSR count). The van der Waals surface area contributed by atoms with E-state index in [4.69, 9.17) is 9.84 Å². The Balaban J connectivity index is 1.38. The van der Waals surface area contributed by atoms with E-state index in [1.807, 2.05) is 24.5 Å². The minimum absolute atomic E-state index is 0.307. The van der Waals surface area contributed by atoms with Gasteiger partial charge < -0.3 is 14.4 Å². The topological polar surface area (TPSA) is 64.3 Å². The minimum atomic E-state index is -0.957. The molecular weight excluding hydrogens is 364 g/mol. The molecule has 5 nitrogen and oxygen atoms in total. The number of hydrogen-bond acceptors (Lipinski definition) is 3. The first kappa shape index (κ1) is 19.0. The Hall–Kier alpha value is -3.34. The Labute approximate surface area is 170 Å². The molecule has 1 N–H and O–H groups in total. The monoisotopic (exact) mass is 388 g/mol. The molecule has 0 bridgehead atoms. The van der Waals surface area contributed by atoms with Crippen molar-refractivity contribution in [2.75, 3.05) is 6.61 Å². The quantitative estimate of drug-likeness (QED) is 0.623. The summed E-state index contributed by atoms with van der Waals surface area (Å²) in [6.45, 7) is 0.594. The molecule has 3 aromatic rings. The number of aromatic nitrogens is 2. The number of benzene rings is 2. The van der Waals surface area contributed by atoms with Crippen LogP contribution in [-0.2, 0) is 24.2 Å². The van der Waals surface area contributed by atoms with Crippen molar-refractivity contribution in [1.82, 2.24) is 9.55 Å². The average molecular weight is 388 g/mol. The third-order valence-corrected chi connectivity index (χ3v) is 5.18. The fourth-order valence-corrected chi connectivity index (χ4v) is 3.73. The normalized spacial score (nSPS) is 12.9. The summed E-state index contributed by atoms with van der Waals surface area (Å²) in [6.07, 6.45) is 9.92. The van der Waals surface area contributed by atoms with Gasteiger partial charge in [0.2, 0.25) is 0 Å².